The number of hydrogen-bond acceptors (Lipinski definition) is 4. The molecular weight excluding hydrogens is 322 g/mol. The lowest BCUT2D eigenvalue weighted by molar-refractivity contribution is -0.877. The molecule has 2 fully saturated rings. The summed E-state index contributed by atoms with van der Waals surface area (Å²) in [6.07, 6.45) is 1.19. The molecule has 6 nitrogen and oxygen atoms in total. The number of benzene rings is 1. The first-order valence-electron chi connectivity index (χ1n) is 8.90. The van der Waals surface area contributed by atoms with Crippen molar-refractivity contribution >= 4 is 12.1 Å². The minimum absolute atomic E-state index is 0.164. The highest BCUT2D eigenvalue weighted by Gasteiger charge is 2.62. The second kappa shape index (κ2) is 7.14. The van der Waals surface area contributed by atoms with Crippen LogP contribution in [0.25, 0.3) is 0 Å². The number of hydrogen-bond donors (Lipinski definition) is 1. The summed E-state index contributed by atoms with van der Waals surface area (Å²) in [5, 5.41) is 10.2. The Bertz CT molecular complexity index is 626. The Morgan fingerprint density at radius 2 is 1.96 bits per heavy atom. The van der Waals surface area contributed by atoms with E-state index in [0.29, 0.717) is 32.7 Å². The maximum atomic E-state index is 12.6. The van der Waals surface area contributed by atoms with Crippen molar-refractivity contribution in [3.05, 3.63) is 35.9 Å². The van der Waals surface area contributed by atoms with Crippen LogP contribution in [-0.4, -0.2) is 54.1 Å². The third-order valence-corrected chi connectivity index (χ3v) is 5.64. The van der Waals surface area contributed by atoms with Crippen LogP contribution in [0.1, 0.15) is 31.7 Å². The highest BCUT2D eigenvalue weighted by atomic mass is 16.5. The van der Waals surface area contributed by atoms with Crippen LogP contribution in [0.2, 0.25) is 0 Å². The third-order valence-electron chi connectivity index (χ3n) is 5.64. The normalized spacial score (nSPS) is 28.0. The Morgan fingerprint density at radius 3 is 2.56 bits per heavy atom. The van der Waals surface area contributed by atoms with Crippen molar-refractivity contribution in [3.63, 3.8) is 0 Å². The van der Waals surface area contributed by atoms with Crippen molar-refractivity contribution in [2.24, 2.45) is 5.41 Å². The van der Waals surface area contributed by atoms with E-state index in [1.54, 1.807) is 6.92 Å². The summed E-state index contributed by atoms with van der Waals surface area (Å²) in [4.78, 5) is 25.1. The van der Waals surface area contributed by atoms with Crippen LogP contribution in [0.3, 0.4) is 0 Å². The van der Waals surface area contributed by atoms with Crippen LogP contribution < -0.4 is 0 Å². The van der Waals surface area contributed by atoms with Gasteiger partial charge in [-0.15, -0.1) is 0 Å². The lowest BCUT2D eigenvalue weighted by atomic mass is 9.78. The molecule has 0 aliphatic carbocycles. The molecule has 0 saturated carbocycles. The summed E-state index contributed by atoms with van der Waals surface area (Å²) < 4.78 is 10.5. The second-order valence-corrected chi connectivity index (χ2v) is 7.20. The molecule has 0 radical (unpaired) electrons. The molecule has 6 heteroatoms. The summed E-state index contributed by atoms with van der Waals surface area (Å²) in [7, 11) is 0. The summed E-state index contributed by atoms with van der Waals surface area (Å²) in [5.41, 5.74) is 0.756. The highest BCUT2D eigenvalue weighted by molar-refractivity contribution is 5.77. The van der Waals surface area contributed by atoms with Gasteiger partial charge in [-0.3, -0.25) is 0 Å². The van der Waals surface area contributed by atoms with E-state index in [0.717, 1.165) is 18.4 Å². The van der Waals surface area contributed by atoms with E-state index in [1.165, 1.54) is 0 Å². The van der Waals surface area contributed by atoms with Gasteiger partial charge >= 0.3 is 12.1 Å². The number of ether oxygens (including phenoxy) is 2. The fraction of sp³-hybridized carbons (Fsp3) is 0.579. The molecule has 2 aliphatic rings. The molecule has 3 rings (SSSR count). The molecule has 0 bridgehead atoms. The Hall–Kier alpha value is -1.92. The number of likely N-dealkylation sites (tertiary alicyclic amines) is 1. The van der Waals surface area contributed by atoms with Crippen molar-refractivity contribution in [2.45, 2.75) is 38.8 Å². The molecule has 1 N–H and O–H groups in total. The molecule has 1 amide bonds. The number of amides is 1. The second-order valence-electron chi connectivity index (χ2n) is 7.20. The maximum absolute atomic E-state index is 12.6. The van der Waals surface area contributed by atoms with Gasteiger partial charge in [-0.1, -0.05) is 30.3 Å². The largest absolute Gasteiger partial charge is 0.514 e. The molecule has 2 heterocycles. The van der Waals surface area contributed by atoms with Crippen LogP contribution in [0.5, 0.6) is 0 Å². The van der Waals surface area contributed by atoms with Crippen molar-refractivity contribution in [1.29, 1.82) is 0 Å². The summed E-state index contributed by atoms with van der Waals surface area (Å²) in [6, 6.07) is 8.86. The van der Waals surface area contributed by atoms with Crippen molar-refractivity contribution in [3.8, 4) is 0 Å². The Labute approximate surface area is 147 Å². The first-order chi connectivity index (χ1) is 12.0. The zero-order valence-electron chi connectivity index (χ0n) is 14.6. The summed E-state index contributed by atoms with van der Waals surface area (Å²) in [5.74, 6) is -0.399. The van der Waals surface area contributed by atoms with E-state index in [-0.39, 0.29) is 16.5 Å². The number of rotatable bonds is 4. The van der Waals surface area contributed by atoms with Crippen molar-refractivity contribution < 1.29 is 28.7 Å². The molecular formula is C19H26NO5+. The molecule has 1 spiro atoms. The van der Waals surface area contributed by atoms with Gasteiger partial charge in [0, 0.05) is 30.6 Å². The van der Waals surface area contributed by atoms with Crippen LogP contribution in [0, 0.1) is 5.41 Å². The van der Waals surface area contributed by atoms with Gasteiger partial charge in [-0.2, -0.15) is 4.79 Å². The SMILES string of the molecule is CCOC(=O)[C@@H]1CC2(CCOCC2)C[N+]1(Cc1ccccc1)C(=O)O. The minimum atomic E-state index is -0.953. The molecule has 2 saturated heterocycles. The average Bonchev–Trinajstić information content (AvgIpc) is 2.92. The zero-order valence-corrected chi connectivity index (χ0v) is 14.6. The van der Waals surface area contributed by atoms with E-state index in [9.17, 15) is 14.7 Å². The fourth-order valence-electron chi connectivity index (χ4n) is 4.39. The van der Waals surface area contributed by atoms with E-state index < -0.39 is 18.1 Å². The topological polar surface area (TPSA) is 72.8 Å². The molecule has 1 aromatic rings. The van der Waals surface area contributed by atoms with Gasteiger partial charge in [0.05, 0.1) is 13.2 Å². The number of carbonyl (C=O) groups excluding carboxylic acids is 1. The molecule has 2 aliphatic heterocycles. The first-order valence-corrected chi connectivity index (χ1v) is 8.90. The standard InChI is InChI=1S/C19H25NO5/c1-2-25-17(21)16-12-19(8-10-24-11-9-19)14-20(16,18(22)23)13-15-6-4-3-5-7-15/h3-7,16H,2,8-14H2,1H3/p+1/t16-,20?/m0/s1. The molecule has 25 heavy (non-hydrogen) atoms. The number of carboxylic acid groups (broad SMARTS) is 1. The number of carbonyl (C=O) groups is 2. The Morgan fingerprint density at radius 1 is 1.28 bits per heavy atom. The molecule has 2 atom stereocenters. The van der Waals surface area contributed by atoms with Gasteiger partial charge in [0.2, 0.25) is 0 Å². The molecule has 1 aromatic carbocycles. The number of quaternary nitrogens is 1. The number of esters is 1. The average molecular weight is 348 g/mol. The highest BCUT2D eigenvalue weighted by Crippen LogP contribution is 2.48. The van der Waals surface area contributed by atoms with Crippen molar-refractivity contribution in [2.75, 3.05) is 26.4 Å². The van der Waals surface area contributed by atoms with E-state index >= 15 is 0 Å². The van der Waals surface area contributed by atoms with Gasteiger partial charge in [-0.05, 0) is 19.8 Å². The molecule has 0 aromatic heterocycles. The summed E-state index contributed by atoms with van der Waals surface area (Å²) in [6.45, 7) is 4.01. The van der Waals surface area contributed by atoms with Crippen LogP contribution in [-0.2, 0) is 20.8 Å². The van der Waals surface area contributed by atoms with Gasteiger partial charge < -0.3 is 14.6 Å². The Kier molecular flexibility index (Phi) is 5.11. The van der Waals surface area contributed by atoms with E-state index in [2.05, 4.69) is 0 Å². The zero-order chi connectivity index (χ0) is 17.9. The van der Waals surface area contributed by atoms with Crippen LogP contribution in [0.4, 0.5) is 4.79 Å². The third kappa shape index (κ3) is 3.41. The van der Waals surface area contributed by atoms with Gasteiger partial charge in [-0.25, -0.2) is 9.28 Å². The predicted octanol–water partition coefficient (Wildman–Crippen LogP) is 2.81. The lowest BCUT2D eigenvalue weighted by Crippen LogP contribution is -2.58. The number of nitrogens with zero attached hydrogens (tertiary/aromatic N) is 1. The maximum Gasteiger partial charge on any atom is 0.514 e. The monoisotopic (exact) mass is 348 g/mol. The summed E-state index contributed by atoms with van der Waals surface area (Å²) >= 11 is 0. The van der Waals surface area contributed by atoms with Gasteiger partial charge in [0.1, 0.15) is 6.54 Å². The van der Waals surface area contributed by atoms with Gasteiger partial charge in [0.25, 0.3) is 0 Å². The van der Waals surface area contributed by atoms with Gasteiger partial charge in [0.15, 0.2) is 6.04 Å². The molecule has 1 unspecified atom stereocenters. The fourth-order valence-corrected chi connectivity index (χ4v) is 4.39. The lowest BCUT2D eigenvalue weighted by Gasteiger charge is -2.35. The van der Waals surface area contributed by atoms with E-state index in [4.69, 9.17) is 9.47 Å². The Balaban J connectivity index is 1.98. The van der Waals surface area contributed by atoms with E-state index in [1.807, 2.05) is 30.3 Å². The smallest absolute Gasteiger partial charge is 0.462 e. The minimum Gasteiger partial charge on any atom is -0.462 e. The quantitative estimate of drug-likeness (QED) is 0.669. The predicted molar refractivity (Wildman–Crippen MR) is 90.8 cm³/mol. The molecule has 136 valence electrons. The van der Waals surface area contributed by atoms with Crippen LogP contribution >= 0.6 is 0 Å². The van der Waals surface area contributed by atoms with Crippen LogP contribution in [0.15, 0.2) is 30.3 Å². The first kappa shape index (κ1) is 17.9. The van der Waals surface area contributed by atoms with Crippen molar-refractivity contribution in [1.82, 2.24) is 0 Å².